The molecule has 0 bridgehead atoms. The summed E-state index contributed by atoms with van der Waals surface area (Å²) in [7, 11) is 0. The van der Waals surface area contributed by atoms with E-state index in [-0.39, 0.29) is 49.9 Å². The molecule has 3 rings (SSSR count). The number of esters is 2. The number of cyclic esters (lactones) is 1. The number of amides is 1. The summed E-state index contributed by atoms with van der Waals surface area (Å²) in [4.78, 5) is 41.4. The number of allylic oxidation sites excluding steroid dienone is 2. The quantitative estimate of drug-likeness (QED) is 0.0768. The van der Waals surface area contributed by atoms with Crippen molar-refractivity contribution in [2.75, 3.05) is 39.3 Å². The number of aliphatic hydroxyl groups excluding tert-OH is 2. The lowest BCUT2D eigenvalue weighted by atomic mass is 9.88. The molecule has 0 radical (unpaired) electrons. The summed E-state index contributed by atoms with van der Waals surface area (Å²) in [5.74, 6) is -1.35. The molecule has 1 amide bonds. The van der Waals surface area contributed by atoms with Gasteiger partial charge in [0.2, 0.25) is 0 Å². The van der Waals surface area contributed by atoms with E-state index in [1.165, 1.54) is 11.8 Å². The van der Waals surface area contributed by atoms with Gasteiger partial charge >= 0.3 is 18.0 Å². The average molecular weight is 709 g/mol. The predicted octanol–water partition coefficient (Wildman–Crippen LogP) is 2.89. The van der Waals surface area contributed by atoms with Gasteiger partial charge in [-0.15, -0.1) is 0 Å². The molecule has 3 aliphatic rings. The largest absolute Gasteiger partial charge is 0.465 e. The van der Waals surface area contributed by atoms with Crippen molar-refractivity contribution in [3.8, 4) is 0 Å². The third kappa shape index (κ3) is 12.8. The maximum Gasteiger partial charge on any atom is 0.410 e. The normalized spacial score (nSPS) is 32.7. The highest BCUT2D eigenvalue weighted by molar-refractivity contribution is 5.72. The lowest BCUT2D eigenvalue weighted by Gasteiger charge is -2.37. The highest BCUT2D eigenvalue weighted by Gasteiger charge is 2.47. The Balaban J connectivity index is 1.71. The second-order valence-corrected chi connectivity index (χ2v) is 14.6. The topological polar surface area (TPSA) is 179 Å². The van der Waals surface area contributed by atoms with Crippen molar-refractivity contribution in [3.05, 3.63) is 36.0 Å². The van der Waals surface area contributed by atoms with Crippen LogP contribution in [0.3, 0.4) is 0 Å². The maximum absolute atomic E-state index is 13.3. The Labute approximate surface area is 296 Å². The molecule has 0 aromatic carbocycles. The van der Waals surface area contributed by atoms with E-state index in [4.69, 9.17) is 18.9 Å². The molecule has 3 aliphatic heterocycles. The van der Waals surface area contributed by atoms with Gasteiger partial charge in [0.05, 0.1) is 49.6 Å². The SMILES string of the molecule is CCOC(=O)CN1CCN(C(=O)OC2C=CC(C)C(C(C)=CC=CC(C)(O)CC3OC3C(C)C(O)CC)OC(=O)CC(O)CCC2(C)O)CC1. The zero-order chi connectivity index (χ0) is 37.2. The zero-order valence-electron chi connectivity index (χ0n) is 30.8. The van der Waals surface area contributed by atoms with Gasteiger partial charge in [-0.05, 0) is 58.6 Å². The van der Waals surface area contributed by atoms with E-state index >= 15 is 0 Å². The molecule has 50 heavy (non-hydrogen) atoms. The Morgan fingerprint density at radius 2 is 1.88 bits per heavy atom. The Hall–Kier alpha value is -2.81. The number of hydrogen-bond donors (Lipinski definition) is 4. The summed E-state index contributed by atoms with van der Waals surface area (Å²) in [6.07, 6.45) is 5.11. The molecular weight excluding hydrogens is 648 g/mol. The fourth-order valence-corrected chi connectivity index (χ4v) is 6.46. The summed E-state index contributed by atoms with van der Waals surface area (Å²) in [5, 5.41) is 43.2. The van der Waals surface area contributed by atoms with E-state index in [9.17, 15) is 34.8 Å². The van der Waals surface area contributed by atoms with Gasteiger partial charge in [-0.1, -0.05) is 45.1 Å². The number of piperazine rings is 1. The molecule has 2 fully saturated rings. The second kappa shape index (κ2) is 18.6. The lowest BCUT2D eigenvalue weighted by Crippen LogP contribution is -2.52. The smallest absolute Gasteiger partial charge is 0.410 e. The summed E-state index contributed by atoms with van der Waals surface area (Å²) >= 11 is 0. The molecular formula is C37H60N2O11. The first-order valence-corrected chi connectivity index (χ1v) is 18.0. The number of carbonyl (C=O) groups excluding carboxylic acids is 3. The average Bonchev–Trinajstić information content (AvgIpc) is 3.81. The van der Waals surface area contributed by atoms with Crippen LogP contribution in [0, 0.1) is 11.8 Å². The van der Waals surface area contributed by atoms with Gasteiger partial charge in [0, 0.05) is 44.4 Å². The minimum Gasteiger partial charge on any atom is -0.465 e. The number of nitrogens with zero attached hydrogens (tertiary/aromatic N) is 2. The second-order valence-electron chi connectivity index (χ2n) is 14.6. The first kappa shape index (κ1) is 41.6. The maximum atomic E-state index is 13.3. The molecule has 4 N–H and O–H groups in total. The van der Waals surface area contributed by atoms with Crippen molar-refractivity contribution in [2.24, 2.45) is 11.8 Å². The summed E-state index contributed by atoms with van der Waals surface area (Å²) in [5.41, 5.74) is -2.05. The fraction of sp³-hybridized carbons (Fsp3) is 0.757. The van der Waals surface area contributed by atoms with Crippen molar-refractivity contribution in [3.63, 3.8) is 0 Å². The summed E-state index contributed by atoms with van der Waals surface area (Å²) in [6, 6.07) is 0. The van der Waals surface area contributed by atoms with Crippen molar-refractivity contribution in [1.82, 2.24) is 9.80 Å². The van der Waals surface area contributed by atoms with E-state index in [1.807, 2.05) is 25.7 Å². The molecule has 284 valence electrons. The highest BCUT2D eigenvalue weighted by atomic mass is 16.6. The molecule has 0 saturated carbocycles. The van der Waals surface area contributed by atoms with Gasteiger partial charge in [0.1, 0.15) is 11.7 Å². The number of rotatable bonds is 12. The van der Waals surface area contributed by atoms with E-state index < -0.39 is 53.6 Å². The van der Waals surface area contributed by atoms with Crippen LogP contribution in [0.1, 0.15) is 80.6 Å². The van der Waals surface area contributed by atoms with Crippen LogP contribution >= 0.6 is 0 Å². The van der Waals surface area contributed by atoms with Crippen molar-refractivity contribution in [1.29, 1.82) is 0 Å². The van der Waals surface area contributed by atoms with Crippen LogP contribution in [-0.4, -0.2) is 135 Å². The van der Waals surface area contributed by atoms with Gasteiger partial charge in [-0.2, -0.15) is 0 Å². The van der Waals surface area contributed by atoms with Crippen molar-refractivity contribution in [2.45, 2.75) is 128 Å². The monoisotopic (exact) mass is 708 g/mol. The number of ether oxygens (including phenoxy) is 4. The molecule has 13 heteroatoms. The number of epoxide rings is 1. The van der Waals surface area contributed by atoms with E-state index in [0.29, 0.717) is 51.2 Å². The van der Waals surface area contributed by atoms with Crippen LogP contribution < -0.4 is 0 Å². The highest BCUT2D eigenvalue weighted by Crippen LogP contribution is 2.37. The molecule has 10 atom stereocenters. The Morgan fingerprint density at radius 1 is 1.20 bits per heavy atom. The van der Waals surface area contributed by atoms with Crippen LogP contribution in [0.25, 0.3) is 0 Å². The fourth-order valence-electron chi connectivity index (χ4n) is 6.46. The molecule has 0 aromatic heterocycles. The van der Waals surface area contributed by atoms with E-state index in [0.717, 1.165) is 0 Å². The molecule has 10 unspecified atom stereocenters. The van der Waals surface area contributed by atoms with Crippen LogP contribution in [0.2, 0.25) is 0 Å². The number of hydrogen-bond acceptors (Lipinski definition) is 12. The van der Waals surface area contributed by atoms with Crippen LogP contribution in [0.5, 0.6) is 0 Å². The van der Waals surface area contributed by atoms with E-state index in [1.54, 1.807) is 51.2 Å². The van der Waals surface area contributed by atoms with Gasteiger partial charge in [-0.25, -0.2) is 4.79 Å². The van der Waals surface area contributed by atoms with Crippen LogP contribution in [0.4, 0.5) is 4.79 Å². The Kier molecular flexibility index (Phi) is 15.5. The first-order valence-electron chi connectivity index (χ1n) is 18.0. The molecule has 0 spiro atoms. The van der Waals surface area contributed by atoms with Gasteiger partial charge in [0.15, 0.2) is 6.10 Å². The van der Waals surface area contributed by atoms with Crippen molar-refractivity contribution < 1.29 is 53.8 Å². The minimum atomic E-state index is -1.55. The van der Waals surface area contributed by atoms with Crippen LogP contribution in [0.15, 0.2) is 36.0 Å². The standard InChI is InChI=1S/C37H60N2O11/c1-8-28(41)26(5)34-29(48-34)22-36(6,45)15-10-11-24(3)33-25(4)12-13-30(37(7,46)16-14-27(40)21-31(42)50-33)49-35(44)39-19-17-38(18-20-39)23-32(43)47-9-2/h10-13,15,25-30,33-34,40-41,45-46H,8-9,14,16-23H2,1-7H3. The van der Waals surface area contributed by atoms with E-state index in [2.05, 4.69) is 0 Å². The third-order valence-electron chi connectivity index (χ3n) is 9.88. The molecule has 3 heterocycles. The molecule has 0 aliphatic carbocycles. The lowest BCUT2D eigenvalue weighted by molar-refractivity contribution is -0.151. The first-order chi connectivity index (χ1) is 23.5. The number of carbonyl (C=O) groups is 3. The molecule has 13 nitrogen and oxygen atoms in total. The Bertz CT molecular complexity index is 1220. The summed E-state index contributed by atoms with van der Waals surface area (Å²) in [6.45, 7) is 14.5. The van der Waals surface area contributed by atoms with Gasteiger partial charge in [-0.3, -0.25) is 14.5 Å². The third-order valence-corrected chi connectivity index (χ3v) is 9.88. The summed E-state index contributed by atoms with van der Waals surface area (Å²) < 4.78 is 22.5. The minimum absolute atomic E-state index is 0.0256. The molecule has 2 saturated heterocycles. The van der Waals surface area contributed by atoms with Gasteiger partial charge < -0.3 is 44.3 Å². The predicted molar refractivity (Wildman–Crippen MR) is 186 cm³/mol. The van der Waals surface area contributed by atoms with Gasteiger partial charge in [0.25, 0.3) is 0 Å². The van der Waals surface area contributed by atoms with Crippen molar-refractivity contribution >= 4 is 18.0 Å². The zero-order valence-corrected chi connectivity index (χ0v) is 30.8. The van der Waals surface area contributed by atoms with Crippen LogP contribution in [-0.2, 0) is 28.5 Å². The Morgan fingerprint density at radius 3 is 2.52 bits per heavy atom. The molecule has 0 aromatic rings. The number of aliphatic hydroxyl groups is 4.